The molecule has 0 aliphatic heterocycles. The largest absolute Gasteiger partial charge is 0.355 e. The van der Waals surface area contributed by atoms with Gasteiger partial charge in [0.25, 0.3) is 0 Å². The number of carbonyl (C=O) groups excluding carboxylic acids is 2. The minimum atomic E-state index is -3.77. The van der Waals surface area contributed by atoms with Gasteiger partial charge in [0.15, 0.2) is 0 Å². The first-order valence-corrected chi connectivity index (χ1v) is 12.1. The number of benzene rings is 2. The average Bonchev–Trinajstić information content (AvgIpc) is 2.69. The number of likely N-dealkylation sites (N-methyl/N-ethyl adjacent to an activating group) is 1. The van der Waals surface area contributed by atoms with Gasteiger partial charge in [-0.25, -0.2) is 8.42 Å². The van der Waals surface area contributed by atoms with Crippen LogP contribution in [0, 0.1) is 6.92 Å². The van der Waals surface area contributed by atoms with Crippen LogP contribution in [-0.4, -0.2) is 50.5 Å². The zero-order valence-electron chi connectivity index (χ0n) is 18.1. The number of sulfonamides is 1. The van der Waals surface area contributed by atoms with E-state index in [0.717, 1.165) is 21.7 Å². The molecule has 168 valence electrons. The van der Waals surface area contributed by atoms with E-state index in [1.54, 1.807) is 32.0 Å². The molecule has 0 aliphatic rings. The topological polar surface area (TPSA) is 86.8 Å². The molecule has 0 aliphatic carbocycles. The van der Waals surface area contributed by atoms with Crippen molar-refractivity contribution in [3.8, 4) is 0 Å². The molecule has 0 fully saturated rings. The molecule has 2 aromatic rings. The van der Waals surface area contributed by atoms with Crippen molar-refractivity contribution in [2.24, 2.45) is 0 Å². The van der Waals surface area contributed by atoms with Crippen molar-refractivity contribution in [1.29, 1.82) is 0 Å². The minimum Gasteiger partial charge on any atom is -0.355 e. The highest BCUT2D eigenvalue weighted by Gasteiger charge is 2.29. The fourth-order valence-electron chi connectivity index (χ4n) is 3.16. The van der Waals surface area contributed by atoms with E-state index in [1.807, 2.05) is 31.2 Å². The number of carbonyl (C=O) groups is 2. The van der Waals surface area contributed by atoms with E-state index in [0.29, 0.717) is 11.6 Å². The summed E-state index contributed by atoms with van der Waals surface area (Å²) >= 11 is 6.02. The monoisotopic (exact) mass is 465 g/mol. The van der Waals surface area contributed by atoms with Crippen LogP contribution in [0.15, 0.2) is 48.5 Å². The molecule has 2 amide bonds. The number of rotatable bonds is 9. The summed E-state index contributed by atoms with van der Waals surface area (Å²) in [5, 5.41) is 3.07. The Labute approximate surface area is 189 Å². The molecule has 0 unspecified atom stereocenters. The van der Waals surface area contributed by atoms with Gasteiger partial charge in [-0.1, -0.05) is 47.5 Å². The second kappa shape index (κ2) is 10.6. The predicted molar refractivity (Wildman–Crippen MR) is 124 cm³/mol. The third kappa shape index (κ3) is 6.97. The van der Waals surface area contributed by atoms with E-state index >= 15 is 0 Å². The van der Waals surface area contributed by atoms with Crippen LogP contribution in [0.25, 0.3) is 0 Å². The Hall–Kier alpha value is -2.58. The summed E-state index contributed by atoms with van der Waals surface area (Å²) in [5.41, 5.74) is 2.15. The molecule has 7 nitrogen and oxygen atoms in total. The predicted octanol–water partition coefficient (Wildman–Crippen LogP) is 2.97. The Morgan fingerprint density at radius 3 is 2.39 bits per heavy atom. The number of aryl methyl sites for hydroxylation is 1. The summed E-state index contributed by atoms with van der Waals surface area (Å²) in [6.45, 7) is 5.51. The van der Waals surface area contributed by atoms with Crippen molar-refractivity contribution in [2.75, 3.05) is 23.7 Å². The van der Waals surface area contributed by atoms with Crippen molar-refractivity contribution in [3.05, 3.63) is 64.7 Å². The molecule has 0 saturated carbocycles. The molecule has 2 rings (SSSR count). The number of hydrogen-bond donors (Lipinski definition) is 1. The highest BCUT2D eigenvalue weighted by molar-refractivity contribution is 7.92. The second-order valence-corrected chi connectivity index (χ2v) is 9.67. The van der Waals surface area contributed by atoms with Crippen LogP contribution in [0.1, 0.15) is 25.0 Å². The maximum Gasteiger partial charge on any atom is 0.244 e. The van der Waals surface area contributed by atoms with E-state index in [-0.39, 0.29) is 18.1 Å². The molecular weight excluding hydrogens is 438 g/mol. The fraction of sp³-hybridized carbons (Fsp3) is 0.364. The number of nitrogens with one attached hydrogen (secondary N) is 1. The van der Waals surface area contributed by atoms with Gasteiger partial charge in [0.2, 0.25) is 21.8 Å². The highest BCUT2D eigenvalue weighted by atomic mass is 35.5. The molecule has 31 heavy (non-hydrogen) atoms. The molecule has 0 heterocycles. The summed E-state index contributed by atoms with van der Waals surface area (Å²) in [4.78, 5) is 27.2. The molecule has 1 atom stereocenters. The number of nitrogens with zero attached hydrogens (tertiary/aromatic N) is 2. The molecule has 2 aromatic carbocycles. The zero-order valence-corrected chi connectivity index (χ0v) is 19.7. The third-order valence-corrected chi connectivity index (χ3v) is 6.10. The normalized spacial score (nSPS) is 12.2. The standard InChI is InChI=1S/C22H28ClN3O4S/c1-5-24-22(28)17(3)25(14-18-9-6-8-16(2)12-18)21(27)15-26(31(4,29)30)20-11-7-10-19(23)13-20/h6-13,17H,5,14-15H2,1-4H3,(H,24,28)/t17-/m1/s1. The van der Waals surface area contributed by atoms with Crippen LogP contribution in [-0.2, 0) is 26.2 Å². The van der Waals surface area contributed by atoms with Crippen LogP contribution >= 0.6 is 11.6 Å². The Morgan fingerprint density at radius 1 is 1.13 bits per heavy atom. The van der Waals surface area contributed by atoms with Crippen LogP contribution in [0.4, 0.5) is 5.69 Å². The van der Waals surface area contributed by atoms with E-state index < -0.39 is 28.5 Å². The van der Waals surface area contributed by atoms with Gasteiger partial charge in [-0.15, -0.1) is 0 Å². The van der Waals surface area contributed by atoms with Crippen molar-refractivity contribution in [3.63, 3.8) is 0 Å². The van der Waals surface area contributed by atoms with E-state index in [9.17, 15) is 18.0 Å². The van der Waals surface area contributed by atoms with Crippen molar-refractivity contribution < 1.29 is 18.0 Å². The highest BCUT2D eigenvalue weighted by Crippen LogP contribution is 2.22. The molecule has 9 heteroatoms. The van der Waals surface area contributed by atoms with Crippen molar-refractivity contribution in [1.82, 2.24) is 10.2 Å². The third-order valence-electron chi connectivity index (χ3n) is 4.73. The molecule has 0 spiro atoms. The first-order chi connectivity index (χ1) is 14.5. The van der Waals surface area contributed by atoms with Crippen LogP contribution < -0.4 is 9.62 Å². The first-order valence-electron chi connectivity index (χ1n) is 9.89. The lowest BCUT2D eigenvalue weighted by Gasteiger charge is -2.31. The Kier molecular flexibility index (Phi) is 8.47. The number of anilines is 1. The van der Waals surface area contributed by atoms with Crippen molar-refractivity contribution >= 4 is 39.1 Å². The summed E-state index contributed by atoms with van der Waals surface area (Å²) < 4.78 is 25.9. The van der Waals surface area contributed by atoms with Crippen molar-refractivity contribution in [2.45, 2.75) is 33.4 Å². The fourth-order valence-corrected chi connectivity index (χ4v) is 4.18. The van der Waals surface area contributed by atoms with Crippen LogP contribution in [0.3, 0.4) is 0 Å². The summed E-state index contributed by atoms with van der Waals surface area (Å²) in [6.07, 6.45) is 1.03. The minimum absolute atomic E-state index is 0.173. The lowest BCUT2D eigenvalue weighted by atomic mass is 10.1. The van der Waals surface area contributed by atoms with Gasteiger partial charge in [-0.3, -0.25) is 13.9 Å². The Bertz CT molecular complexity index is 1040. The quantitative estimate of drug-likeness (QED) is 0.616. The van der Waals surface area contributed by atoms with E-state index in [2.05, 4.69) is 5.32 Å². The summed E-state index contributed by atoms with van der Waals surface area (Å²) in [5.74, 6) is -0.803. The van der Waals surface area contributed by atoms with Gasteiger partial charge < -0.3 is 10.2 Å². The zero-order chi connectivity index (χ0) is 23.2. The molecule has 1 N–H and O–H groups in total. The Morgan fingerprint density at radius 2 is 1.81 bits per heavy atom. The molecule has 0 aromatic heterocycles. The van der Waals surface area contributed by atoms with Gasteiger partial charge in [-0.05, 0) is 44.5 Å². The van der Waals surface area contributed by atoms with Crippen LogP contribution in [0.5, 0.6) is 0 Å². The SMILES string of the molecule is CCNC(=O)[C@@H](C)N(Cc1cccc(C)c1)C(=O)CN(c1cccc(Cl)c1)S(C)(=O)=O. The van der Waals surface area contributed by atoms with Gasteiger partial charge in [-0.2, -0.15) is 0 Å². The van der Waals surface area contributed by atoms with E-state index in [1.165, 1.54) is 11.0 Å². The summed E-state index contributed by atoms with van der Waals surface area (Å²) in [7, 11) is -3.77. The number of halogens is 1. The molecular formula is C22H28ClN3O4S. The van der Waals surface area contributed by atoms with Gasteiger partial charge in [0.05, 0.1) is 11.9 Å². The van der Waals surface area contributed by atoms with Crippen LogP contribution in [0.2, 0.25) is 5.02 Å². The first kappa shape index (κ1) is 24.7. The lowest BCUT2D eigenvalue weighted by molar-refractivity contribution is -0.139. The van der Waals surface area contributed by atoms with E-state index in [4.69, 9.17) is 11.6 Å². The number of amides is 2. The van der Waals surface area contributed by atoms with Gasteiger partial charge in [0.1, 0.15) is 12.6 Å². The second-order valence-electron chi connectivity index (χ2n) is 7.33. The van der Waals surface area contributed by atoms with Gasteiger partial charge in [0, 0.05) is 18.1 Å². The molecule has 0 saturated heterocycles. The smallest absolute Gasteiger partial charge is 0.244 e. The molecule has 0 radical (unpaired) electrons. The average molecular weight is 466 g/mol. The lowest BCUT2D eigenvalue weighted by Crippen LogP contribution is -2.51. The maximum atomic E-state index is 13.3. The number of hydrogen-bond acceptors (Lipinski definition) is 4. The Balaban J connectivity index is 2.38. The maximum absolute atomic E-state index is 13.3. The van der Waals surface area contributed by atoms with Gasteiger partial charge >= 0.3 is 0 Å². The summed E-state index contributed by atoms with van der Waals surface area (Å²) in [6, 6.07) is 13.1. The molecule has 0 bridgehead atoms.